The van der Waals surface area contributed by atoms with Gasteiger partial charge >= 0.3 is 0 Å². The monoisotopic (exact) mass is 508 g/mol. The molecule has 4 aromatic carbocycles. The standard InChI is InChI=1S/C30H25FN4O3/c1-17-10-12-20(16-24(17)31)33-29(36)23-7-2-5-18-15-19(11-13-21(18)23)22-6-3-8-25-27(22)28(32)34-35(25)30(37)26-9-4-14-38-26/h2-3,5-8,10-13,15-16,26H,4,9,14H2,1H3,(H2,32,34)(H,33,36)/t26-/m1/s1. The number of amides is 1. The molecule has 0 unspecified atom stereocenters. The number of hydrogen-bond acceptors (Lipinski definition) is 5. The lowest BCUT2D eigenvalue weighted by atomic mass is 9.96. The number of ether oxygens (including phenoxy) is 1. The molecule has 1 fully saturated rings. The van der Waals surface area contributed by atoms with Gasteiger partial charge in [-0.1, -0.05) is 42.5 Å². The number of benzene rings is 4. The van der Waals surface area contributed by atoms with Crippen molar-refractivity contribution in [1.82, 2.24) is 9.78 Å². The van der Waals surface area contributed by atoms with Crippen LogP contribution in [-0.4, -0.2) is 34.3 Å². The summed E-state index contributed by atoms with van der Waals surface area (Å²) in [5.41, 5.74) is 10.0. The first-order valence-electron chi connectivity index (χ1n) is 12.4. The van der Waals surface area contributed by atoms with E-state index in [1.54, 1.807) is 25.1 Å². The molecule has 190 valence electrons. The van der Waals surface area contributed by atoms with E-state index in [1.165, 1.54) is 10.7 Å². The molecule has 0 radical (unpaired) electrons. The van der Waals surface area contributed by atoms with Crippen LogP contribution >= 0.6 is 0 Å². The zero-order valence-corrected chi connectivity index (χ0v) is 20.7. The Labute approximate surface area is 218 Å². The average Bonchev–Trinajstić information content (AvgIpc) is 3.58. The van der Waals surface area contributed by atoms with Gasteiger partial charge in [0, 0.05) is 17.9 Å². The van der Waals surface area contributed by atoms with Crippen LogP contribution < -0.4 is 11.1 Å². The Morgan fingerprint density at radius 1 is 1.08 bits per heavy atom. The zero-order valence-electron chi connectivity index (χ0n) is 20.7. The molecule has 1 atom stereocenters. The average molecular weight is 509 g/mol. The van der Waals surface area contributed by atoms with Crippen LogP contribution in [0.25, 0.3) is 32.8 Å². The Hall–Kier alpha value is -4.56. The van der Waals surface area contributed by atoms with E-state index in [9.17, 15) is 14.0 Å². The molecule has 7 nitrogen and oxygen atoms in total. The summed E-state index contributed by atoms with van der Waals surface area (Å²) < 4.78 is 20.9. The first kappa shape index (κ1) is 23.8. The third kappa shape index (κ3) is 4.09. The number of carbonyl (C=O) groups is 2. The minimum absolute atomic E-state index is 0.219. The van der Waals surface area contributed by atoms with E-state index in [4.69, 9.17) is 10.5 Å². The Bertz CT molecular complexity index is 1740. The van der Waals surface area contributed by atoms with E-state index in [1.807, 2.05) is 48.5 Å². The maximum Gasteiger partial charge on any atom is 0.276 e. The molecule has 1 saturated heterocycles. The van der Waals surface area contributed by atoms with Crippen molar-refractivity contribution in [3.8, 4) is 11.1 Å². The summed E-state index contributed by atoms with van der Waals surface area (Å²) in [5.74, 6) is -0.657. The van der Waals surface area contributed by atoms with Gasteiger partial charge in [0.15, 0.2) is 5.82 Å². The van der Waals surface area contributed by atoms with Crippen molar-refractivity contribution in [2.24, 2.45) is 0 Å². The summed E-state index contributed by atoms with van der Waals surface area (Å²) >= 11 is 0. The van der Waals surface area contributed by atoms with Crippen LogP contribution in [0, 0.1) is 12.7 Å². The van der Waals surface area contributed by atoms with E-state index in [0.29, 0.717) is 40.7 Å². The highest BCUT2D eigenvalue weighted by Crippen LogP contribution is 2.35. The minimum atomic E-state index is -0.511. The number of hydrogen-bond donors (Lipinski definition) is 2. The van der Waals surface area contributed by atoms with E-state index in [-0.39, 0.29) is 23.4 Å². The number of aromatic nitrogens is 2. The smallest absolute Gasteiger partial charge is 0.276 e. The van der Waals surface area contributed by atoms with Gasteiger partial charge < -0.3 is 15.8 Å². The number of halogens is 1. The highest BCUT2D eigenvalue weighted by molar-refractivity contribution is 6.14. The predicted octanol–water partition coefficient (Wildman–Crippen LogP) is 5.96. The lowest BCUT2D eigenvalue weighted by molar-refractivity contribution is 0.0544. The maximum atomic E-state index is 14.0. The van der Waals surface area contributed by atoms with Gasteiger partial charge in [-0.15, -0.1) is 5.10 Å². The molecule has 1 aliphatic heterocycles. The van der Waals surface area contributed by atoms with Crippen LogP contribution in [0.4, 0.5) is 15.9 Å². The number of anilines is 2. The molecule has 38 heavy (non-hydrogen) atoms. The fraction of sp³-hybridized carbons (Fsp3) is 0.167. The number of nitrogen functional groups attached to an aromatic ring is 1. The van der Waals surface area contributed by atoms with Gasteiger partial charge in [-0.2, -0.15) is 4.68 Å². The van der Waals surface area contributed by atoms with Crippen molar-refractivity contribution in [3.63, 3.8) is 0 Å². The van der Waals surface area contributed by atoms with Crippen molar-refractivity contribution in [2.45, 2.75) is 25.9 Å². The topological polar surface area (TPSA) is 99.2 Å². The highest BCUT2D eigenvalue weighted by atomic mass is 19.1. The number of nitrogens with two attached hydrogens (primary N) is 1. The molecule has 5 aromatic rings. The fourth-order valence-electron chi connectivity index (χ4n) is 5.03. The number of nitrogens with one attached hydrogen (secondary N) is 1. The van der Waals surface area contributed by atoms with Crippen molar-refractivity contribution in [1.29, 1.82) is 0 Å². The van der Waals surface area contributed by atoms with Gasteiger partial charge in [-0.25, -0.2) is 4.39 Å². The van der Waals surface area contributed by atoms with Crippen LogP contribution in [0.1, 0.15) is 33.6 Å². The molecule has 8 heteroatoms. The molecule has 0 saturated carbocycles. The van der Waals surface area contributed by atoms with Crippen LogP contribution in [-0.2, 0) is 4.74 Å². The molecule has 1 aromatic heterocycles. The molecule has 0 bridgehead atoms. The number of fused-ring (bicyclic) bond motifs is 2. The summed E-state index contributed by atoms with van der Waals surface area (Å²) in [7, 11) is 0. The van der Waals surface area contributed by atoms with Crippen LogP contribution in [0.15, 0.2) is 72.8 Å². The molecular formula is C30H25FN4O3. The Kier molecular flexibility index (Phi) is 5.88. The van der Waals surface area contributed by atoms with Crippen molar-refractivity contribution < 1.29 is 18.7 Å². The quantitative estimate of drug-likeness (QED) is 0.312. The lowest BCUT2D eigenvalue weighted by Crippen LogP contribution is -2.26. The highest BCUT2D eigenvalue weighted by Gasteiger charge is 2.28. The van der Waals surface area contributed by atoms with Gasteiger partial charge in [0.25, 0.3) is 11.8 Å². The third-order valence-corrected chi connectivity index (χ3v) is 7.01. The SMILES string of the molecule is Cc1ccc(NC(=O)c2cccc3cc(-c4cccc5c4c(N)nn5C(=O)[C@H]4CCCO4)ccc23)cc1F. The second kappa shape index (κ2) is 9.39. The normalized spacial score (nSPS) is 15.3. The molecule has 1 aliphatic rings. The second-order valence-corrected chi connectivity index (χ2v) is 9.50. The van der Waals surface area contributed by atoms with E-state index >= 15 is 0 Å². The first-order chi connectivity index (χ1) is 18.4. The summed E-state index contributed by atoms with van der Waals surface area (Å²) in [6.07, 6.45) is 0.997. The third-order valence-electron chi connectivity index (χ3n) is 7.01. The largest absolute Gasteiger partial charge is 0.382 e. The molecule has 0 aliphatic carbocycles. The first-order valence-corrected chi connectivity index (χ1v) is 12.4. The van der Waals surface area contributed by atoms with Gasteiger partial charge in [-0.05, 0) is 77.6 Å². The van der Waals surface area contributed by atoms with Crippen LogP contribution in [0.5, 0.6) is 0 Å². The van der Waals surface area contributed by atoms with Crippen LogP contribution in [0.2, 0.25) is 0 Å². The molecule has 2 heterocycles. The Balaban J connectivity index is 1.37. The number of aryl methyl sites for hydroxylation is 1. The number of nitrogens with zero attached hydrogens (tertiary/aromatic N) is 2. The lowest BCUT2D eigenvalue weighted by Gasteiger charge is -2.11. The van der Waals surface area contributed by atoms with Gasteiger partial charge in [0.05, 0.1) is 10.9 Å². The van der Waals surface area contributed by atoms with Gasteiger partial charge in [-0.3, -0.25) is 9.59 Å². The molecule has 1 amide bonds. The van der Waals surface area contributed by atoms with Crippen molar-refractivity contribution in [2.75, 3.05) is 17.7 Å². The predicted molar refractivity (Wildman–Crippen MR) is 146 cm³/mol. The molecular weight excluding hydrogens is 483 g/mol. The summed E-state index contributed by atoms with van der Waals surface area (Å²) in [4.78, 5) is 26.1. The molecule has 3 N–H and O–H groups in total. The Morgan fingerprint density at radius 3 is 2.71 bits per heavy atom. The van der Waals surface area contributed by atoms with E-state index < -0.39 is 6.10 Å². The van der Waals surface area contributed by atoms with Gasteiger partial charge in [0.1, 0.15) is 11.9 Å². The summed E-state index contributed by atoms with van der Waals surface area (Å²) in [6.45, 7) is 2.24. The summed E-state index contributed by atoms with van der Waals surface area (Å²) in [6, 6.07) is 21.5. The van der Waals surface area contributed by atoms with E-state index in [0.717, 1.165) is 28.3 Å². The van der Waals surface area contributed by atoms with Crippen molar-refractivity contribution >= 4 is 45.0 Å². The molecule has 6 rings (SSSR count). The second-order valence-electron chi connectivity index (χ2n) is 9.50. The minimum Gasteiger partial charge on any atom is -0.382 e. The number of rotatable bonds is 4. The van der Waals surface area contributed by atoms with Gasteiger partial charge in [0.2, 0.25) is 0 Å². The maximum absolute atomic E-state index is 14.0. The Morgan fingerprint density at radius 2 is 1.92 bits per heavy atom. The fourth-order valence-corrected chi connectivity index (χ4v) is 5.03. The number of carbonyl (C=O) groups excluding carboxylic acids is 2. The summed E-state index contributed by atoms with van der Waals surface area (Å²) in [5, 5.41) is 9.44. The van der Waals surface area contributed by atoms with E-state index in [2.05, 4.69) is 10.4 Å². The van der Waals surface area contributed by atoms with Crippen molar-refractivity contribution in [3.05, 3.63) is 89.7 Å². The zero-order chi connectivity index (χ0) is 26.4. The molecule has 0 spiro atoms. The van der Waals surface area contributed by atoms with Crippen LogP contribution in [0.3, 0.4) is 0 Å².